The van der Waals surface area contributed by atoms with Gasteiger partial charge in [-0.05, 0) is 55.8 Å². The van der Waals surface area contributed by atoms with Crippen LogP contribution in [0.1, 0.15) is 74.6 Å². The quantitative estimate of drug-likeness (QED) is 0.734. The molecule has 2 heteroatoms. The van der Waals surface area contributed by atoms with Crippen LogP contribution in [0.4, 0.5) is 4.39 Å². The summed E-state index contributed by atoms with van der Waals surface area (Å²) in [5.74, 6) is 0.782. The molecule has 0 saturated heterocycles. The van der Waals surface area contributed by atoms with Crippen molar-refractivity contribution in [2.24, 2.45) is 5.92 Å². The third kappa shape index (κ3) is 4.54. The highest BCUT2D eigenvalue weighted by atomic mass is 19.1. The van der Waals surface area contributed by atoms with Gasteiger partial charge in [0.2, 0.25) is 0 Å². The first kappa shape index (κ1) is 16.5. The van der Waals surface area contributed by atoms with Gasteiger partial charge in [0.25, 0.3) is 0 Å². The molecular formula is C19H30FN. The Labute approximate surface area is 129 Å². The molecule has 0 heterocycles. The lowest BCUT2D eigenvalue weighted by Gasteiger charge is -2.28. The summed E-state index contributed by atoms with van der Waals surface area (Å²) in [4.78, 5) is 0. The maximum atomic E-state index is 13.9. The second kappa shape index (κ2) is 7.93. The molecule has 1 nitrogen and oxygen atoms in total. The van der Waals surface area contributed by atoms with Gasteiger partial charge >= 0.3 is 0 Å². The van der Waals surface area contributed by atoms with Crippen LogP contribution in [0.15, 0.2) is 12.1 Å². The van der Waals surface area contributed by atoms with Crippen LogP contribution in [0.5, 0.6) is 0 Å². The molecule has 0 aromatic heterocycles. The van der Waals surface area contributed by atoms with Crippen molar-refractivity contribution in [3.8, 4) is 0 Å². The third-order valence-electron chi connectivity index (χ3n) is 4.80. The summed E-state index contributed by atoms with van der Waals surface area (Å²) < 4.78 is 13.9. The first-order valence-corrected chi connectivity index (χ1v) is 8.61. The van der Waals surface area contributed by atoms with Crippen molar-refractivity contribution >= 4 is 0 Å². The highest BCUT2D eigenvalue weighted by Crippen LogP contribution is 2.32. The molecule has 0 radical (unpaired) electrons. The Balaban J connectivity index is 2.14. The van der Waals surface area contributed by atoms with Crippen LogP contribution >= 0.6 is 0 Å². The van der Waals surface area contributed by atoms with Gasteiger partial charge in [-0.15, -0.1) is 0 Å². The third-order valence-corrected chi connectivity index (χ3v) is 4.80. The van der Waals surface area contributed by atoms with E-state index in [-0.39, 0.29) is 5.82 Å². The lowest BCUT2D eigenvalue weighted by Crippen LogP contribution is -2.25. The average Bonchev–Trinajstić information content (AvgIpc) is 2.49. The van der Waals surface area contributed by atoms with Gasteiger partial charge in [0, 0.05) is 6.04 Å². The molecule has 0 bridgehead atoms. The highest BCUT2D eigenvalue weighted by molar-refractivity contribution is 5.32. The fourth-order valence-corrected chi connectivity index (χ4v) is 3.59. The summed E-state index contributed by atoms with van der Waals surface area (Å²) in [5.41, 5.74) is 2.82. The molecule has 0 amide bonds. The molecule has 0 aliphatic heterocycles. The standard InChI is InChI=1S/C19H30FN/c1-4-10-21-18(13-16-8-6-5-7-9-16)17-11-14(2)19(20)15(3)12-17/h11-12,16,18,21H,4-10,13H2,1-3H3. The first-order chi connectivity index (χ1) is 10.1. The molecular weight excluding hydrogens is 261 g/mol. The second-order valence-corrected chi connectivity index (χ2v) is 6.72. The number of halogens is 1. The van der Waals surface area contributed by atoms with E-state index in [4.69, 9.17) is 0 Å². The van der Waals surface area contributed by atoms with E-state index in [1.54, 1.807) is 0 Å². The van der Waals surface area contributed by atoms with Gasteiger partial charge in [-0.2, -0.15) is 0 Å². The molecule has 21 heavy (non-hydrogen) atoms. The fourth-order valence-electron chi connectivity index (χ4n) is 3.59. The minimum Gasteiger partial charge on any atom is -0.310 e. The smallest absolute Gasteiger partial charge is 0.129 e. The summed E-state index contributed by atoms with van der Waals surface area (Å²) in [6, 6.07) is 4.46. The van der Waals surface area contributed by atoms with Crippen molar-refractivity contribution in [2.45, 2.75) is 71.8 Å². The molecule has 1 N–H and O–H groups in total. The Morgan fingerprint density at radius 1 is 1.14 bits per heavy atom. The highest BCUT2D eigenvalue weighted by Gasteiger charge is 2.21. The van der Waals surface area contributed by atoms with Gasteiger partial charge in [-0.3, -0.25) is 0 Å². The van der Waals surface area contributed by atoms with Gasteiger partial charge in [0.1, 0.15) is 5.82 Å². The summed E-state index contributed by atoms with van der Waals surface area (Å²) in [6.45, 7) is 6.99. The number of aryl methyl sites for hydroxylation is 2. The molecule has 1 aliphatic rings. The van der Waals surface area contributed by atoms with E-state index in [1.165, 1.54) is 44.1 Å². The molecule has 1 unspecified atom stereocenters. The molecule has 118 valence electrons. The van der Waals surface area contributed by atoms with E-state index < -0.39 is 0 Å². The minimum absolute atomic E-state index is 0.0503. The van der Waals surface area contributed by atoms with Crippen molar-refractivity contribution in [3.63, 3.8) is 0 Å². The van der Waals surface area contributed by atoms with Gasteiger partial charge in [0.15, 0.2) is 0 Å². The van der Waals surface area contributed by atoms with Crippen LogP contribution in [0, 0.1) is 25.6 Å². The minimum atomic E-state index is -0.0503. The predicted molar refractivity (Wildman–Crippen MR) is 88.1 cm³/mol. The molecule has 0 spiro atoms. The molecule has 1 saturated carbocycles. The van der Waals surface area contributed by atoms with Crippen molar-refractivity contribution in [1.29, 1.82) is 0 Å². The van der Waals surface area contributed by atoms with Crippen LogP contribution < -0.4 is 5.32 Å². The molecule has 1 aliphatic carbocycles. The summed E-state index contributed by atoms with van der Waals surface area (Å²) >= 11 is 0. The Morgan fingerprint density at radius 2 is 1.76 bits per heavy atom. The van der Waals surface area contributed by atoms with E-state index in [9.17, 15) is 4.39 Å². The Hall–Kier alpha value is -0.890. The first-order valence-electron chi connectivity index (χ1n) is 8.61. The van der Waals surface area contributed by atoms with Crippen molar-refractivity contribution < 1.29 is 4.39 Å². The molecule has 1 aromatic carbocycles. The Morgan fingerprint density at radius 3 is 2.33 bits per heavy atom. The lowest BCUT2D eigenvalue weighted by atomic mass is 9.83. The van der Waals surface area contributed by atoms with Crippen molar-refractivity contribution in [2.75, 3.05) is 6.54 Å². The van der Waals surface area contributed by atoms with Crippen LogP contribution in [0.25, 0.3) is 0 Å². The van der Waals surface area contributed by atoms with E-state index in [0.717, 1.165) is 30.0 Å². The topological polar surface area (TPSA) is 12.0 Å². The molecule has 1 atom stereocenters. The molecule has 1 fully saturated rings. The van der Waals surface area contributed by atoms with Crippen LogP contribution in [0.2, 0.25) is 0 Å². The van der Waals surface area contributed by atoms with Crippen LogP contribution in [-0.4, -0.2) is 6.54 Å². The monoisotopic (exact) mass is 291 g/mol. The zero-order valence-electron chi connectivity index (χ0n) is 13.8. The van der Waals surface area contributed by atoms with E-state index in [2.05, 4.69) is 12.2 Å². The van der Waals surface area contributed by atoms with Gasteiger partial charge in [-0.1, -0.05) is 51.2 Å². The zero-order valence-corrected chi connectivity index (χ0v) is 13.8. The number of nitrogens with one attached hydrogen (secondary N) is 1. The molecule has 2 rings (SSSR count). The maximum absolute atomic E-state index is 13.9. The van der Waals surface area contributed by atoms with Gasteiger partial charge < -0.3 is 5.32 Å². The average molecular weight is 291 g/mol. The second-order valence-electron chi connectivity index (χ2n) is 6.72. The van der Waals surface area contributed by atoms with Crippen molar-refractivity contribution in [1.82, 2.24) is 5.32 Å². The maximum Gasteiger partial charge on any atom is 0.129 e. The SMILES string of the molecule is CCCNC(CC1CCCCC1)c1cc(C)c(F)c(C)c1. The van der Waals surface area contributed by atoms with E-state index >= 15 is 0 Å². The fraction of sp³-hybridized carbons (Fsp3) is 0.684. The number of rotatable bonds is 6. The number of hydrogen-bond acceptors (Lipinski definition) is 1. The normalized spacial score (nSPS) is 17.9. The van der Waals surface area contributed by atoms with E-state index in [0.29, 0.717) is 6.04 Å². The van der Waals surface area contributed by atoms with Crippen LogP contribution in [-0.2, 0) is 0 Å². The van der Waals surface area contributed by atoms with E-state index in [1.807, 2.05) is 26.0 Å². The van der Waals surface area contributed by atoms with Gasteiger partial charge in [0.05, 0.1) is 0 Å². The number of hydrogen-bond donors (Lipinski definition) is 1. The number of benzene rings is 1. The lowest BCUT2D eigenvalue weighted by molar-refractivity contribution is 0.300. The summed E-state index contributed by atoms with van der Waals surface area (Å²) in [5, 5.41) is 3.68. The summed E-state index contributed by atoms with van der Waals surface area (Å²) in [7, 11) is 0. The van der Waals surface area contributed by atoms with Crippen molar-refractivity contribution in [3.05, 3.63) is 34.6 Å². The molecule has 1 aromatic rings. The largest absolute Gasteiger partial charge is 0.310 e. The zero-order chi connectivity index (χ0) is 15.2. The Bertz CT molecular complexity index is 426. The Kier molecular flexibility index (Phi) is 6.22. The predicted octanol–water partition coefficient (Wildman–Crippen LogP) is 5.45. The van der Waals surface area contributed by atoms with Crippen LogP contribution in [0.3, 0.4) is 0 Å². The van der Waals surface area contributed by atoms with Gasteiger partial charge in [-0.25, -0.2) is 4.39 Å². The summed E-state index contributed by atoms with van der Waals surface area (Å²) in [6.07, 6.45) is 9.23.